The second-order valence-corrected chi connectivity index (χ2v) is 7.54. The molecule has 0 saturated heterocycles. The second-order valence-electron chi connectivity index (χ2n) is 6.53. The number of fused-ring (bicyclic) bond motifs is 1. The Labute approximate surface area is 144 Å². The number of aliphatic imine (C=N–C) groups is 1. The van der Waals surface area contributed by atoms with E-state index in [2.05, 4.69) is 5.32 Å². The zero-order chi connectivity index (χ0) is 17.4. The lowest BCUT2D eigenvalue weighted by Gasteiger charge is -2.52. The van der Waals surface area contributed by atoms with Gasteiger partial charge in [0.15, 0.2) is 11.0 Å². The highest BCUT2D eigenvalue weighted by Gasteiger charge is 2.56. The van der Waals surface area contributed by atoms with Crippen LogP contribution < -0.4 is 11.1 Å². The average molecular weight is 355 g/mol. The van der Waals surface area contributed by atoms with E-state index < -0.39 is 23.3 Å². The Morgan fingerprint density at radius 2 is 2.38 bits per heavy atom. The summed E-state index contributed by atoms with van der Waals surface area (Å²) in [5.74, 6) is -1.92. The zero-order valence-electron chi connectivity index (χ0n) is 13.4. The van der Waals surface area contributed by atoms with Crippen molar-refractivity contribution in [1.29, 1.82) is 0 Å². The SMILES string of the molecule is COC1CCC2(C3C=CC=CC3(N)F)N=C(NC(=O)O)SCC2C1. The van der Waals surface area contributed by atoms with E-state index in [1.54, 1.807) is 25.3 Å². The van der Waals surface area contributed by atoms with Crippen LogP contribution >= 0.6 is 11.8 Å². The van der Waals surface area contributed by atoms with E-state index >= 15 is 4.39 Å². The molecule has 6 nitrogen and oxygen atoms in total. The van der Waals surface area contributed by atoms with Gasteiger partial charge in [-0.1, -0.05) is 30.0 Å². The molecule has 1 aliphatic heterocycles. The second kappa shape index (κ2) is 6.50. The molecule has 0 aromatic heterocycles. The third kappa shape index (κ3) is 3.10. The lowest BCUT2D eigenvalue weighted by Crippen LogP contribution is -2.60. The summed E-state index contributed by atoms with van der Waals surface area (Å²) in [4.78, 5) is 15.7. The number of allylic oxidation sites excluding steroid dienone is 2. The number of nitrogens with two attached hydrogens (primary N) is 1. The molecule has 5 unspecified atom stereocenters. The van der Waals surface area contributed by atoms with Gasteiger partial charge >= 0.3 is 6.09 Å². The highest BCUT2D eigenvalue weighted by molar-refractivity contribution is 8.13. The Kier molecular flexibility index (Phi) is 4.72. The molecule has 0 bridgehead atoms. The van der Waals surface area contributed by atoms with Gasteiger partial charge in [0, 0.05) is 12.9 Å². The Morgan fingerprint density at radius 1 is 1.58 bits per heavy atom. The van der Waals surface area contributed by atoms with E-state index in [1.165, 1.54) is 17.8 Å². The van der Waals surface area contributed by atoms with Gasteiger partial charge in [0.25, 0.3) is 0 Å². The summed E-state index contributed by atoms with van der Waals surface area (Å²) in [5, 5.41) is 11.6. The number of amidine groups is 1. The van der Waals surface area contributed by atoms with Crippen molar-refractivity contribution < 1.29 is 19.0 Å². The first-order valence-corrected chi connectivity index (χ1v) is 8.95. The first kappa shape index (κ1) is 17.4. The molecule has 0 radical (unpaired) electrons. The molecule has 1 fully saturated rings. The Bertz CT molecular complexity index is 607. The van der Waals surface area contributed by atoms with Gasteiger partial charge in [0.05, 0.1) is 17.6 Å². The topological polar surface area (TPSA) is 96.9 Å². The van der Waals surface area contributed by atoms with Crippen LogP contribution in [0.5, 0.6) is 0 Å². The Hall–Kier alpha value is -1.38. The molecule has 8 heteroatoms. The Balaban J connectivity index is 2.00. The fourth-order valence-electron chi connectivity index (χ4n) is 4.02. The van der Waals surface area contributed by atoms with E-state index in [1.807, 2.05) is 0 Å². The van der Waals surface area contributed by atoms with E-state index in [0.717, 1.165) is 12.8 Å². The van der Waals surface area contributed by atoms with Crippen molar-refractivity contribution in [1.82, 2.24) is 5.32 Å². The summed E-state index contributed by atoms with van der Waals surface area (Å²) >= 11 is 1.35. The molecule has 2 aliphatic carbocycles. The van der Waals surface area contributed by atoms with Crippen LogP contribution in [0.3, 0.4) is 0 Å². The van der Waals surface area contributed by atoms with Crippen molar-refractivity contribution in [2.75, 3.05) is 12.9 Å². The first-order valence-electron chi connectivity index (χ1n) is 7.96. The maximum absolute atomic E-state index is 15.1. The third-order valence-electron chi connectivity index (χ3n) is 5.18. The highest BCUT2D eigenvalue weighted by Crippen LogP contribution is 2.51. The van der Waals surface area contributed by atoms with E-state index in [-0.39, 0.29) is 12.0 Å². The van der Waals surface area contributed by atoms with Gasteiger partial charge in [-0.2, -0.15) is 0 Å². The monoisotopic (exact) mass is 355 g/mol. The number of thioether (sulfide) groups is 1. The van der Waals surface area contributed by atoms with Crippen LogP contribution in [0, 0.1) is 11.8 Å². The van der Waals surface area contributed by atoms with E-state index in [4.69, 9.17) is 20.6 Å². The lowest BCUT2D eigenvalue weighted by molar-refractivity contribution is -0.0112. The number of rotatable bonds is 2. The molecule has 1 amide bonds. The molecule has 3 rings (SSSR count). The molecule has 132 valence electrons. The number of ether oxygens (including phenoxy) is 1. The van der Waals surface area contributed by atoms with Crippen LogP contribution in [-0.2, 0) is 4.74 Å². The van der Waals surface area contributed by atoms with Crippen LogP contribution in [0.2, 0.25) is 0 Å². The summed E-state index contributed by atoms with van der Waals surface area (Å²) in [6.45, 7) is 0. The number of hydrogen-bond donors (Lipinski definition) is 3. The maximum atomic E-state index is 15.1. The van der Waals surface area contributed by atoms with Gasteiger partial charge in [-0.3, -0.25) is 16.0 Å². The number of nitrogens with zero attached hydrogens (tertiary/aromatic N) is 1. The lowest BCUT2D eigenvalue weighted by atomic mass is 9.62. The summed E-state index contributed by atoms with van der Waals surface area (Å²) in [5.41, 5.74) is 5.16. The van der Waals surface area contributed by atoms with Crippen molar-refractivity contribution in [3.8, 4) is 0 Å². The molecule has 0 aromatic rings. The van der Waals surface area contributed by atoms with Crippen LogP contribution in [0.15, 0.2) is 29.3 Å². The van der Waals surface area contributed by atoms with Crippen molar-refractivity contribution >= 4 is 23.0 Å². The molecular formula is C16H22FN3O3S. The van der Waals surface area contributed by atoms with Crippen LogP contribution in [0.4, 0.5) is 9.18 Å². The normalized spacial score (nSPS) is 41.5. The minimum Gasteiger partial charge on any atom is -0.465 e. The highest BCUT2D eigenvalue weighted by atomic mass is 32.2. The number of carboxylic acid groups (broad SMARTS) is 1. The largest absolute Gasteiger partial charge is 0.465 e. The zero-order valence-corrected chi connectivity index (χ0v) is 14.3. The summed E-state index contributed by atoms with van der Waals surface area (Å²) in [6.07, 6.45) is 7.55. The molecule has 3 aliphatic rings. The quantitative estimate of drug-likeness (QED) is 0.660. The minimum absolute atomic E-state index is 0.0698. The van der Waals surface area contributed by atoms with Crippen molar-refractivity contribution in [2.24, 2.45) is 22.6 Å². The predicted octanol–water partition coefficient (Wildman–Crippen LogP) is 2.28. The average Bonchev–Trinajstić information content (AvgIpc) is 2.53. The number of methoxy groups -OCH3 is 1. The van der Waals surface area contributed by atoms with Gasteiger partial charge in [0.2, 0.25) is 0 Å². The standard InChI is InChI=1S/C16H22FN3O3S/c1-23-11-5-7-15(12-4-2-3-6-16(12,17)18)10(8-11)9-24-13(20-15)19-14(21)22/h2-4,6,10-12H,5,7-9,18H2,1H3,(H,19,20)(H,21,22). The summed E-state index contributed by atoms with van der Waals surface area (Å²) in [7, 11) is 1.68. The van der Waals surface area contributed by atoms with Crippen LogP contribution in [-0.4, -0.2) is 46.7 Å². The fraction of sp³-hybridized carbons (Fsp3) is 0.625. The fourth-order valence-corrected chi connectivity index (χ4v) is 5.20. The molecule has 4 N–H and O–H groups in total. The number of carbonyl (C=O) groups is 1. The molecule has 0 spiro atoms. The number of alkyl halides is 1. The molecule has 1 saturated carbocycles. The number of nitrogens with one attached hydrogen (secondary N) is 1. The summed E-state index contributed by atoms with van der Waals surface area (Å²) in [6, 6.07) is 0. The third-order valence-corrected chi connectivity index (χ3v) is 6.22. The van der Waals surface area contributed by atoms with Gasteiger partial charge in [0.1, 0.15) is 0 Å². The molecular weight excluding hydrogens is 333 g/mol. The van der Waals surface area contributed by atoms with Gasteiger partial charge in [-0.05, 0) is 31.3 Å². The van der Waals surface area contributed by atoms with Crippen LogP contribution in [0.25, 0.3) is 0 Å². The molecule has 24 heavy (non-hydrogen) atoms. The minimum atomic E-state index is -2.01. The van der Waals surface area contributed by atoms with Gasteiger partial charge in [-0.25, -0.2) is 9.18 Å². The predicted molar refractivity (Wildman–Crippen MR) is 91.7 cm³/mol. The van der Waals surface area contributed by atoms with Crippen molar-refractivity contribution in [3.63, 3.8) is 0 Å². The van der Waals surface area contributed by atoms with Crippen molar-refractivity contribution in [3.05, 3.63) is 24.3 Å². The maximum Gasteiger partial charge on any atom is 0.410 e. The number of amides is 1. The molecule has 5 atom stereocenters. The summed E-state index contributed by atoms with van der Waals surface area (Å²) < 4.78 is 20.5. The van der Waals surface area contributed by atoms with E-state index in [9.17, 15) is 4.79 Å². The van der Waals surface area contributed by atoms with Crippen molar-refractivity contribution in [2.45, 2.75) is 36.7 Å². The number of halogens is 1. The molecule has 1 heterocycles. The first-order chi connectivity index (χ1) is 11.4. The van der Waals surface area contributed by atoms with Gasteiger partial charge in [-0.15, -0.1) is 0 Å². The smallest absolute Gasteiger partial charge is 0.410 e. The Morgan fingerprint density at radius 3 is 3.04 bits per heavy atom. The number of hydrogen-bond acceptors (Lipinski definition) is 5. The van der Waals surface area contributed by atoms with E-state index in [0.29, 0.717) is 17.3 Å². The van der Waals surface area contributed by atoms with Crippen LogP contribution in [0.1, 0.15) is 19.3 Å². The van der Waals surface area contributed by atoms with Gasteiger partial charge < -0.3 is 9.84 Å². The molecule has 0 aromatic carbocycles.